The third kappa shape index (κ3) is 3.85. The van der Waals surface area contributed by atoms with Crippen LogP contribution >= 0.6 is 11.6 Å². The van der Waals surface area contributed by atoms with Crippen LogP contribution in [0.25, 0.3) is 0 Å². The van der Waals surface area contributed by atoms with Crippen LogP contribution in [0.15, 0.2) is 24.3 Å². The topological polar surface area (TPSA) is 55.6 Å². The maximum absolute atomic E-state index is 12.0. The number of piperidine rings is 1. The number of nitrogens with two attached hydrogens (primary N) is 1. The number of hydrogen-bond acceptors (Lipinski definition) is 3. The predicted octanol–water partition coefficient (Wildman–Crippen LogP) is 1.91. The van der Waals surface area contributed by atoms with Gasteiger partial charge in [-0.15, -0.1) is 0 Å². The molecule has 4 nitrogen and oxygen atoms in total. The van der Waals surface area contributed by atoms with E-state index in [-0.39, 0.29) is 18.6 Å². The van der Waals surface area contributed by atoms with E-state index in [1.165, 1.54) is 0 Å². The third-order valence-corrected chi connectivity index (χ3v) is 3.76. The molecule has 2 rings (SSSR count). The van der Waals surface area contributed by atoms with E-state index in [1.54, 1.807) is 29.2 Å². The highest BCUT2D eigenvalue weighted by Crippen LogP contribution is 2.18. The molecule has 0 aromatic heterocycles. The first-order valence-electron chi connectivity index (χ1n) is 6.48. The van der Waals surface area contributed by atoms with Crippen LogP contribution in [0.5, 0.6) is 5.75 Å². The number of halogens is 1. The standard InChI is InChI=1S/C14H19ClN2O2/c1-10-5-6-17(8-13(10)16)14(18)9-19-12-4-2-3-11(15)7-12/h2-4,7,10,13H,5-6,8-9,16H2,1H3. The Morgan fingerprint density at radius 1 is 1.58 bits per heavy atom. The van der Waals surface area contributed by atoms with Gasteiger partial charge in [0, 0.05) is 24.2 Å². The van der Waals surface area contributed by atoms with Crippen LogP contribution in [0.2, 0.25) is 5.02 Å². The first-order valence-corrected chi connectivity index (χ1v) is 6.86. The summed E-state index contributed by atoms with van der Waals surface area (Å²) in [6.45, 7) is 3.52. The Labute approximate surface area is 118 Å². The van der Waals surface area contributed by atoms with Gasteiger partial charge in [0.1, 0.15) is 5.75 Å². The van der Waals surface area contributed by atoms with Gasteiger partial charge in [0.15, 0.2) is 6.61 Å². The summed E-state index contributed by atoms with van der Waals surface area (Å²) in [6.07, 6.45) is 0.948. The minimum absolute atomic E-state index is 0.0256. The van der Waals surface area contributed by atoms with Gasteiger partial charge in [-0.3, -0.25) is 4.79 Å². The SMILES string of the molecule is CC1CCN(C(=O)COc2cccc(Cl)c2)CC1N. The number of rotatable bonds is 3. The van der Waals surface area contributed by atoms with E-state index in [0.717, 1.165) is 13.0 Å². The summed E-state index contributed by atoms with van der Waals surface area (Å²) < 4.78 is 5.45. The monoisotopic (exact) mass is 282 g/mol. The zero-order chi connectivity index (χ0) is 13.8. The maximum atomic E-state index is 12.0. The molecule has 0 bridgehead atoms. The molecule has 1 aromatic rings. The summed E-state index contributed by atoms with van der Waals surface area (Å²) in [5, 5.41) is 0.596. The molecule has 0 aliphatic carbocycles. The number of carbonyl (C=O) groups is 1. The van der Waals surface area contributed by atoms with Gasteiger partial charge in [-0.2, -0.15) is 0 Å². The van der Waals surface area contributed by atoms with Gasteiger partial charge in [-0.1, -0.05) is 24.6 Å². The Morgan fingerprint density at radius 2 is 2.37 bits per heavy atom. The van der Waals surface area contributed by atoms with E-state index in [2.05, 4.69) is 6.92 Å². The summed E-state index contributed by atoms with van der Waals surface area (Å²) in [6, 6.07) is 7.09. The molecule has 0 radical (unpaired) electrons. The number of benzene rings is 1. The first kappa shape index (κ1) is 14.2. The molecular weight excluding hydrogens is 264 g/mol. The average molecular weight is 283 g/mol. The van der Waals surface area contributed by atoms with Gasteiger partial charge in [-0.25, -0.2) is 0 Å². The molecule has 104 valence electrons. The number of nitrogens with zero attached hydrogens (tertiary/aromatic N) is 1. The van der Waals surface area contributed by atoms with Gasteiger partial charge >= 0.3 is 0 Å². The van der Waals surface area contributed by atoms with E-state index in [0.29, 0.717) is 23.2 Å². The smallest absolute Gasteiger partial charge is 0.260 e. The van der Waals surface area contributed by atoms with Crippen LogP contribution in [0, 0.1) is 5.92 Å². The quantitative estimate of drug-likeness (QED) is 0.921. The van der Waals surface area contributed by atoms with Crippen LogP contribution in [-0.2, 0) is 4.79 Å². The van der Waals surface area contributed by atoms with Crippen molar-refractivity contribution in [1.29, 1.82) is 0 Å². The molecule has 0 spiro atoms. The molecule has 5 heteroatoms. The molecular formula is C14H19ClN2O2. The Bertz CT molecular complexity index is 453. The highest BCUT2D eigenvalue weighted by atomic mass is 35.5. The van der Waals surface area contributed by atoms with Crippen LogP contribution in [0.3, 0.4) is 0 Å². The average Bonchev–Trinajstić information content (AvgIpc) is 2.39. The van der Waals surface area contributed by atoms with Gasteiger partial charge in [0.2, 0.25) is 0 Å². The lowest BCUT2D eigenvalue weighted by Gasteiger charge is -2.34. The second-order valence-electron chi connectivity index (χ2n) is 5.02. The fourth-order valence-electron chi connectivity index (χ4n) is 2.12. The number of likely N-dealkylation sites (tertiary alicyclic amines) is 1. The molecule has 2 N–H and O–H groups in total. The van der Waals surface area contributed by atoms with Crippen molar-refractivity contribution >= 4 is 17.5 Å². The van der Waals surface area contributed by atoms with Crippen molar-refractivity contribution in [2.24, 2.45) is 11.7 Å². The summed E-state index contributed by atoms with van der Waals surface area (Å²) >= 11 is 5.85. The first-order chi connectivity index (χ1) is 9.06. The Morgan fingerprint density at radius 3 is 3.05 bits per heavy atom. The van der Waals surface area contributed by atoms with Crippen LogP contribution < -0.4 is 10.5 Å². The second-order valence-corrected chi connectivity index (χ2v) is 5.45. The molecule has 1 aromatic carbocycles. The number of ether oxygens (including phenoxy) is 1. The summed E-state index contributed by atoms with van der Waals surface area (Å²) in [5.41, 5.74) is 5.98. The fourth-order valence-corrected chi connectivity index (χ4v) is 2.30. The van der Waals surface area contributed by atoms with Crippen molar-refractivity contribution in [3.63, 3.8) is 0 Å². The molecule has 1 aliphatic rings. The van der Waals surface area contributed by atoms with Gasteiger partial charge in [-0.05, 0) is 30.5 Å². The lowest BCUT2D eigenvalue weighted by molar-refractivity contribution is -0.135. The highest BCUT2D eigenvalue weighted by Gasteiger charge is 2.26. The molecule has 19 heavy (non-hydrogen) atoms. The van der Waals surface area contributed by atoms with E-state index >= 15 is 0 Å². The summed E-state index contributed by atoms with van der Waals surface area (Å²) in [4.78, 5) is 13.8. The van der Waals surface area contributed by atoms with Crippen LogP contribution in [-0.4, -0.2) is 36.5 Å². The largest absolute Gasteiger partial charge is 0.484 e. The van der Waals surface area contributed by atoms with Crippen molar-refractivity contribution in [3.8, 4) is 5.75 Å². The molecule has 1 aliphatic heterocycles. The van der Waals surface area contributed by atoms with Crippen molar-refractivity contribution in [1.82, 2.24) is 4.90 Å². The molecule has 1 fully saturated rings. The molecule has 2 unspecified atom stereocenters. The van der Waals surface area contributed by atoms with Crippen molar-refractivity contribution in [3.05, 3.63) is 29.3 Å². The van der Waals surface area contributed by atoms with E-state index in [1.807, 2.05) is 0 Å². The number of hydrogen-bond donors (Lipinski definition) is 1. The van der Waals surface area contributed by atoms with Crippen LogP contribution in [0.4, 0.5) is 0 Å². The van der Waals surface area contributed by atoms with E-state index < -0.39 is 0 Å². The highest BCUT2D eigenvalue weighted by molar-refractivity contribution is 6.30. The van der Waals surface area contributed by atoms with Crippen molar-refractivity contribution in [2.75, 3.05) is 19.7 Å². The second kappa shape index (κ2) is 6.26. The maximum Gasteiger partial charge on any atom is 0.260 e. The van der Waals surface area contributed by atoms with Crippen molar-refractivity contribution in [2.45, 2.75) is 19.4 Å². The lowest BCUT2D eigenvalue weighted by Crippen LogP contribution is -2.50. The minimum Gasteiger partial charge on any atom is -0.484 e. The summed E-state index contributed by atoms with van der Waals surface area (Å²) in [7, 11) is 0. The van der Waals surface area contributed by atoms with Crippen molar-refractivity contribution < 1.29 is 9.53 Å². The zero-order valence-electron chi connectivity index (χ0n) is 11.0. The number of amides is 1. The van der Waals surface area contributed by atoms with E-state index in [9.17, 15) is 4.79 Å². The molecule has 0 saturated carbocycles. The Balaban J connectivity index is 1.84. The Hall–Kier alpha value is -1.26. The normalized spacial score (nSPS) is 23.2. The Kier molecular flexibility index (Phi) is 4.66. The minimum atomic E-state index is -0.0256. The number of carbonyl (C=O) groups excluding carboxylic acids is 1. The van der Waals surface area contributed by atoms with Gasteiger partial charge in [0.05, 0.1) is 0 Å². The lowest BCUT2D eigenvalue weighted by atomic mass is 9.94. The molecule has 1 saturated heterocycles. The molecule has 1 heterocycles. The van der Waals surface area contributed by atoms with Crippen LogP contribution in [0.1, 0.15) is 13.3 Å². The van der Waals surface area contributed by atoms with Gasteiger partial charge < -0.3 is 15.4 Å². The molecule has 2 atom stereocenters. The van der Waals surface area contributed by atoms with Gasteiger partial charge in [0.25, 0.3) is 5.91 Å². The molecule has 1 amide bonds. The predicted molar refractivity (Wildman–Crippen MR) is 75.3 cm³/mol. The third-order valence-electron chi connectivity index (χ3n) is 3.53. The van der Waals surface area contributed by atoms with E-state index in [4.69, 9.17) is 22.1 Å². The zero-order valence-corrected chi connectivity index (χ0v) is 11.8. The fraction of sp³-hybridized carbons (Fsp3) is 0.500. The summed E-state index contributed by atoms with van der Waals surface area (Å²) in [5.74, 6) is 1.05.